The highest BCUT2D eigenvalue weighted by Crippen LogP contribution is 2.12. The van der Waals surface area contributed by atoms with Crippen LogP contribution >= 0.6 is 0 Å². The molecule has 0 atom stereocenters. The summed E-state index contributed by atoms with van der Waals surface area (Å²) in [6.07, 6.45) is 7.07. The van der Waals surface area contributed by atoms with E-state index in [1.807, 2.05) is 0 Å². The number of ketones is 1. The van der Waals surface area contributed by atoms with Crippen LogP contribution in [0.4, 0.5) is 5.69 Å². The number of nitrogens with zero attached hydrogens (tertiary/aromatic N) is 1. The maximum absolute atomic E-state index is 11.7. The normalized spacial score (nSPS) is 10.5. The third-order valence-corrected chi connectivity index (χ3v) is 2.57. The zero-order valence-corrected chi connectivity index (χ0v) is 10.5. The number of allylic oxidation sites excluding steroid dienone is 2. The van der Waals surface area contributed by atoms with E-state index in [0.717, 1.165) is 25.5 Å². The van der Waals surface area contributed by atoms with Crippen LogP contribution in [-0.4, -0.2) is 17.0 Å². The van der Waals surface area contributed by atoms with Gasteiger partial charge in [-0.2, -0.15) is 0 Å². The summed E-state index contributed by atoms with van der Waals surface area (Å²) in [4.78, 5) is 31.7. The van der Waals surface area contributed by atoms with Gasteiger partial charge in [0, 0.05) is 24.1 Å². The minimum Gasteiger partial charge on any atom is -0.303 e. The van der Waals surface area contributed by atoms with Crippen molar-refractivity contribution in [1.29, 1.82) is 0 Å². The van der Waals surface area contributed by atoms with Crippen LogP contribution < -0.4 is 0 Å². The quantitative estimate of drug-likeness (QED) is 0.180. The molecule has 0 aromatic heterocycles. The number of benzene rings is 1. The van der Waals surface area contributed by atoms with Gasteiger partial charge in [-0.3, -0.25) is 14.9 Å². The number of carbonyl (C=O) groups excluding carboxylic acids is 2. The Kier molecular flexibility index (Phi) is 6.15. The molecule has 1 aromatic rings. The van der Waals surface area contributed by atoms with Gasteiger partial charge in [0.05, 0.1) is 4.92 Å². The summed E-state index contributed by atoms with van der Waals surface area (Å²) in [6, 6.07) is 5.50. The van der Waals surface area contributed by atoms with Crippen LogP contribution in [0.3, 0.4) is 0 Å². The number of non-ortho nitro benzene ring substituents is 1. The van der Waals surface area contributed by atoms with E-state index in [2.05, 4.69) is 0 Å². The smallest absolute Gasteiger partial charge is 0.269 e. The second-order valence-corrected chi connectivity index (χ2v) is 4.02. The van der Waals surface area contributed by atoms with Crippen molar-refractivity contribution < 1.29 is 14.5 Å². The molecule has 5 heteroatoms. The van der Waals surface area contributed by atoms with E-state index in [1.54, 1.807) is 6.08 Å². The van der Waals surface area contributed by atoms with Crippen LogP contribution in [0, 0.1) is 10.1 Å². The lowest BCUT2D eigenvalue weighted by Crippen LogP contribution is -1.95. The van der Waals surface area contributed by atoms with Crippen LogP contribution in [0.15, 0.2) is 36.4 Å². The molecule has 0 heterocycles. The molecule has 0 amide bonds. The summed E-state index contributed by atoms with van der Waals surface area (Å²) < 4.78 is 0. The minimum atomic E-state index is -0.503. The zero-order chi connectivity index (χ0) is 14.1. The van der Waals surface area contributed by atoms with E-state index in [4.69, 9.17) is 0 Å². The zero-order valence-electron chi connectivity index (χ0n) is 10.5. The average Bonchev–Trinajstić information content (AvgIpc) is 2.42. The predicted molar refractivity (Wildman–Crippen MR) is 71.1 cm³/mol. The number of hydrogen-bond donors (Lipinski definition) is 0. The largest absolute Gasteiger partial charge is 0.303 e. The van der Waals surface area contributed by atoms with Crippen molar-refractivity contribution in [2.24, 2.45) is 0 Å². The molecular weight excluding hydrogens is 246 g/mol. The summed E-state index contributed by atoms with van der Waals surface area (Å²) in [7, 11) is 0. The third-order valence-electron chi connectivity index (χ3n) is 2.57. The first kappa shape index (κ1) is 14.8. The molecule has 0 aliphatic rings. The summed E-state index contributed by atoms with van der Waals surface area (Å²) in [6.45, 7) is 0. The number of nitro groups is 1. The summed E-state index contributed by atoms with van der Waals surface area (Å²) in [5.74, 6) is -0.176. The lowest BCUT2D eigenvalue weighted by molar-refractivity contribution is -0.384. The molecule has 0 aliphatic heterocycles. The number of carbonyl (C=O) groups is 2. The molecule has 1 rings (SSSR count). The van der Waals surface area contributed by atoms with Gasteiger partial charge in [0.2, 0.25) is 0 Å². The Morgan fingerprint density at radius 3 is 2.37 bits per heavy atom. The van der Waals surface area contributed by atoms with Gasteiger partial charge in [-0.1, -0.05) is 6.08 Å². The van der Waals surface area contributed by atoms with Gasteiger partial charge in [0.25, 0.3) is 5.69 Å². The van der Waals surface area contributed by atoms with E-state index in [0.29, 0.717) is 12.0 Å². The fourth-order valence-corrected chi connectivity index (χ4v) is 1.52. The number of aldehydes is 1. The van der Waals surface area contributed by atoms with Crippen molar-refractivity contribution in [2.45, 2.75) is 25.7 Å². The van der Waals surface area contributed by atoms with Crippen molar-refractivity contribution in [3.63, 3.8) is 0 Å². The molecule has 0 aliphatic carbocycles. The van der Waals surface area contributed by atoms with Crippen molar-refractivity contribution in [3.8, 4) is 0 Å². The van der Waals surface area contributed by atoms with E-state index in [-0.39, 0.29) is 11.5 Å². The fourth-order valence-electron chi connectivity index (χ4n) is 1.52. The van der Waals surface area contributed by atoms with Gasteiger partial charge in [-0.25, -0.2) is 0 Å². The fraction of sp³-hybridized carbons (Fsp3) is 0.286. The van der Waals surface area contributed by atoms with E-state index in [1.165, 1.54) is 30.3 Å². The first-order valence-corrected chi connectivity index (χ1v) is 6.04. The Labute approximate surface area is 111 Å². The van der Waals surface area contributed by atoms with E-state index in [9.17, 15) is 19.7 Å². The second kappa shape index (κ2) is 7.92. The monoisotopic (exact) mass is 261 g/mol. The Bertz CT molecular complexity index is 477. The number of hydrogen-bond acceptors (Lipinski definition) is 4. The van der Waals surface area contributed by atoms with E-state index >= 15 is 0 Å². The van der Waals surface area contributed by atoms with Gasteiger partial charge in [-0.15, -0.1) is 0 Å². The first-order chi connectivity index (χ1) is 9.15. The summed E-state index contributed by atoms with van der Waals surface area (Å²) >= 11 is 0. The molecule has 0 unspecified atom stereocenters. The van der Waals surface area contributed by atoms with Crippen molar-refractivity contribution >= 4 is 17.8 Å². The molecule has 0 bridgehead atoms. The Hall–Kier alpha value is -2.30. The predicted octanol–water partition coefficient (Wildman–Crippen LogP) is 3.09. The maximum atomic E-state index is 11.7. The Morgan fingerprint density at radius 1 is 1.16 bits per heavy atom. The van der Waals surface area contributed by atoms with Crippen LogP contribution in [0.1, 0.15) is 36.0 Å². The van der Waals surface area contributed by atoms with Crippen molar-refractivity contribution in [3.05, 3.63) is 52.1 Å². The molecule has 100 valence electrons. The second-order valence-electron chi connectivity index (χ2n) is 4.02. The molecule has 0 spiro atoms. The highest BCUT2D eigenvalue weighted by Gasteiger charge is 2.06. The van der Waals surface area contributed by atoms with Crippen LogP contribution in [-0.2, 0) is 4.79 Å². The van der Waals surface area contributed by atoms with Gasteiger partial charge in [0.15, 0.2) is 5.78 Å². The summed E-state index contributed by atoms with van der Waals surface area (Å²) in [5, 5.41) is 10.5. The number of unbranched alkanes of at least 4 members (excludes halogenated alkanes) is 3. The molecular formula is C14H15NO4. The lowest BCUT2D eigenvalue weighted by Gasteiger charge is -1.96. The summed E-state index contributed by atoms with van der Waals surface area (Å²) in [5.41, 5.74) is 0.393. The molecule has 0 fully saturated rings. The minimum absolute atomic E-state index is 0.0330. The standard InChI is InChI=1S/C14H15NO4/c16-11-5-3-1-2-4-6-14(17)12-7-9-13(10-8-12)15(18)19/h4,6-11H,1-3,5H2/b6-4+. The van der Waals surface area contributed by atoms with Gasteiger partial charge >= 0.3 is 0 Å². The van der Waals surface area contributed by atoms with Gasteiger partial charge < -0.3 is 4.79 Å². The third kappa shape index (κ3) is 5.25. The van der Waals surface area contributed by atoms with Crippen LogP contribution in [0.25, 0.3) is 0 Å². The Morgan fingerprint density at radius 2 is 1.79 bits per heavy atom. The Balaban J connectivity index is 2.46. The maximum Gasteiger partial charge on any atom is 0.269 e. The first-order valence-electron chi connectivity index (χ1n) is 6.04. The average molecular weight is 261 g/mol. The SMILES string of the molecule is O=CCCCC/C=C/C(=O)c1ccc([N+](=O)[O-])cc1. The molecule has 1 aromatic carbocycles. The molecule has 0 saturated carbocycles. The molecule has 0 N–H and O–H groups in total. The number of nitro benzene ring substituents is 1. The lowest BCUT2D eigenvalue weighted by atomic mass is 10.1. The van der Waals surface area contributed by atoms with Crippen LogP contribution in [0.5, 0.6) is 0 Å². The van der Waals surface area contributed by atoms with Crippen molar-refractivity contribution in [1.82, 2.24) is 0 Å². The molecule has 0 saturated heterocycles. The highest BCUT2D eigenvalue weighted by molar-refractivity contribution is 6.04. The highest BCUT2D eigenvalue weighted by atomic mass is 16.6. The topological polar surface area (TPSA) is 77.3 Å². The van der Waals surface area contributed by atoms with Crippen molar-refractivity contribution in [2.75, 3.05) is 0 Å². The van der Waals surface area contributed by atoms with E-state index < -0.39 is 4.92 Å². The van der Waals surface area contributed by atoms with Crippen LogP contribution in [0.2, 0.25) is 0 Å². The van der Waals surface area contributed by atoms with Gasteiger partial charge in [-0.05, 0) is 37.5 Å². The molecule has 19 heavy (non-hydrogen) atoms. The molecule has 5 nitrogen and oxygen atoms in total. The molecule has 0 radical (unpaired) electrons. The van der Waals surface area contributed by atoms with Gasteiger partial charge in [0.1, 0.15) is 6.29 Å². The number of rotatable bonds is 8.